The van der Waals surface area contributed by atoms with Crippen molar-refractivity contribution >= 4 is 101 Å². The van der Waals surface area contributed by atoms with E-state index in [1.54, 1.807) is 10.4 Å². The fraction of sp³-hybridized carbons (Fsp3) is 0.208. The second-order valence-electron chi connectivity index (χ2n) is 17.0. The third kappa shape index (κ3) is 6.53. The Morgan fingerprint density at radius 1 is 0.576 bits per heavy atom. The summed E-state index contributed by atoms with van der Waals surface area (Å²) in [6.45, 7) is 12.3. The van der Waals surface area contributed by atoms with E-state index in [0.29, 0.717) is 5.92 Å². The van der Waals surface area contributed by atoms with E-state index in [0.717, 1.165) is 0 Å². The molecule has 0 aliphatic rings. The second kappa shape index (κ2) is 16.0. The fourth-order valence-electron chi connectivity index (χ4n) is 10.6. The second-order valence-corrected chi connectivity index (χ2v) is 24.9. The minimum absolute atomic E-state index is 0.420. The standard InChI is InChI=1S/C53H50N2Si.2ClH.Zr/c1-8-9-28-56(7,52-34(4)29-44-37(18-14-20-41(44)52)35-24-26-50-46(30-35)39-16-10-12-22-48(39)54(50)5)53-42-21-15-19-38(45(42)32-43(53)33(2)3)36-25-27-51-47(31-36)40-17-11-13-23-49(40)55(51)6;;;/h10-27,29-33H,8-9,28H2,1-7H3;2*1H;/q-2;;;+4/p-2. The first-order valence-electron chi connectivity index (χ1n) is 20.9. The molecule has 0 N–H and O–H groups in total. The van der Waals surface area contributed by atoms with Gasteiger partial charge in [0.1, 0.15) is 0 Å². The fourth-order valence-corrected chi connectivity index (χ4v) is 16.0. The number of unbranched alkanes of at least 4 members (excludes halogenated alkanes) is 1. The van der Waals surface area contributed by atoms with Gasteiger partial charge in [-0.3, -0.25) is 0 Å². The van der Waals surface area contributed by atoms with E-state index >= 15 is 0 Å². The van der Waals surface area contributed by atoms with Gasteiger partial charge in [0, 0.05) is 65.8 Å². The van der Waals surface area contributed by atoms with E-state index in [1.807, 2.05) is 0 Å². The van der Waals surface area contributed by atoms with E-state index in [-0.39, 0.29) is 0 Å². The predicted molar refractivity (Wildman–Crippen MR) is 259 cm³/mol. The summed E-state index contributed by atoms with van der Waals surface area (Å²) in [4.78, 5) is 0. The summed E-state index contributed by atoms with van der Waals surface area (Å²) in [6, 6.07) is 52.4. The van der Waals surface area contributed by atoms with Crippen LogP contribution in [-0.2, 0) is 34.9 Å². The van der Waals surface area contributed by atoms with E-state index in [9.17, 15) is 0 Å². The number of halogens is 2. The molecule has 0 bridgehead atoms. The molecule has 0 spiro atoms. The normalized spacial score (nSPS) is 12.9. The van der Waals surface area contributed by atoms with Gasteiger partial charge in [-0.2, -0.15) is 12.1 Å². The molecule has 6 heteroatoms. The summed E-state index contributed by atoms with van der Waals surface area (Å²) >= 11 is -0.826. The molecule has 0 fully saturated rings. The number of nitrogens with zero attached hydrogens (tertiary/aromatic N) is 2. The Morgan fingerprint density at radius 2 is 1.05 bits per heavy atom. The molecule has 0 aliphatic carbocycles. The molecule has 59 heavy (non-hydrogen) atoms. The van der Waals surface area contributed by atoms with Crippen LogP contribution in [0, 0.1) is 6.92 Å². The molecule has 1 unspecified atom stereocenters. The van der Waals surface area contributed by atoms with Crippen LogP contribution >= 0.6 is 17.0 Å². The van der Waals surface area contributed by atoms with Crippen LogP contribution in [0.1, 0.15) is 50.7 Å². The minimum atomic E-state index is -2.31. The molecule has 8 aromatic carbocycles. The molecule has 0 amide bonds. The molecule has 0 saturated carbocycles. The predicted octanol–water partition coefficient (Wildman–Crippen LogP) is 14.9. The van der Waals surface area contributed by atoms with Crippen molar-refractivity contribution in [3.8, 4) is 22.3 Å². The molecule has 10 rings (SSSR count). The third-order valence-corrected chi connectivity index (χ3v) is 18.1. The van der Waals surface area contributed by atoms with Crippen molar-refractivity contribution < 1.29 is 20.8 Å². The van der Waals surface area contributed by atoms with Crippen LogP contribution < -0.4 is 10.4 Å². The van der Waals surface area contributed by atoms with E-state index in [2.05, 4.69) is 191 Å². The van der Waals surface area contributed by atoms with Gasteiger partial charge in [0.05, 0.1) is 0 Å². The molecule has 0 radical (unpaired) electrons. The van der Waals surface area contributed by atoms with Gasteiger partial charge < -0.3 is 9.13 Å². The molecule has 294 valence electrons. The molecule has 0 aliphatic heterocycles. The third-order valence-electron chi connectivity index (χ3n) is 13.3. The number of rotatable bonds is 8. The molecule has 10 aromatic rings. The number of benzene rings is 6. The van der Waals surface area contributed by atoms with Crippen LogP contribution in [0.25, 0.3) is 87.4 Å². The zero-order valence-corrected chi connectivity index (χ0v) is 40.0. The molecule has 2 aromatic heterocycles. The van der Waals surface area contributed by atoms with Crippen molar-refractivity contribution in [2.24, 2.45) is 14.1 Å². The van der Waals surface area contributed by atoms with Crippen LogP contribution in [0.2, 0.25) is 12.6 Å². The van der Waals surface area contributed by atoms with Gasteiger partial charge in [-0.05, 0) is 53.4 Å². The number of para-hydroxylation sites is 2. The van der Waals surface area contributed by atoms with Crippen molar-refractivity contribution in [2.45, 2.75) is 59.0 Å². The Morgan fingerprint density at radius 3 is 1.56 bits per heavy atom. The van der Waals surface area contributed by atoms with Crippen LogP contribution in [0.4, 0.5) is 0 Å². The first-order valence-corrected chi connectivity index (χ1v) is 30.0. The Labute approximate surface area is 367 Å². The SMILES string of the molecule is CCCC[Si](C)([c-]1c(C)cc2c(-c3ccc4c(c3)c3ccccc3n4C)cccc21)[c-]1c(C(C)C)cc2c(-c3ccc4c(c3)c3ccccc3n4C)cccc21.[Cl][Zr+2][Cl]. The maximum atomic E-state index is 4.93. The van der Waals surface area contributed by atoms with E-state index < -0.39 is 28.9 Å². The Kier molecular flexibility index (Phi) is 10.9. The summed E-state index contributed by atoms with van der Waals surface area (Å²) in [5.41, 5.74) is 13.4. The molecule has 0 saturated heterocycles. The van der Waals surface area contributed by atoms with Gasteiger partial charge in [-0.1, -0.05) is 125 Å². The van der Waals surface area contributed by atoms with Gasteiger partial charge in [0.15, 0.2) is 0 Å². The quantitative estimate of drug-likeness (QED) is 0.106. The monoisotopic (exact) mass is 902 g/mol. The van der Waals surface area contributed by atoms with Crippen LogP contribution in [0.5, 0.6) is 0 Å². The summed E-state index contributed by atoms with van der Waals surface area (Å²) < 4.78 is 4.66. The average molecular weight is 905 g/mol. The first kappa shape index (κ1) is 40.2. The van der Waals surface area contributed by atoms with Gasteiger partial charge in [-0.15, -0.1) is 67.3 Å². The number of hydrogen-bond acceptors (Lipinski definition) is 0. The van der Waals surface area contributed by atoms with Crippen LogP contribution in [0.3, 0.4) is 0 Å². The summed E-state index contributed by atoms with van der Waals surface area (Å²) in [5.74, 6) is 0.420. The van der Waals surface area contributed by atoms with Crippen molar-refractivity contribution in [1.82, 2.24) is 9.13 Å². The van der Waals surface area contributed by atoms with Crippen molar-refractivity contribution in [3.63, 3.8) is 0 Å². The molecule has 1 atom stereocenters. The Balaban J connectivity index is 0.00000145. The van der Waals surface area contributed by atoms with Crippen molar-refractivity contribution in [3.05, 3.63) is 145 Å². The molecule has 2 heterocycles. The van der Waals surface area contributed by atoms with Gasteiger partial charge >= 0.3 is 37.9 Å². The van der Waals surface area contributed by atoms with Gasteiger partial charge in [0.25, 0.3) is 0 Å². The maximum absolute atomic E-state index is 4.93. The zero-order valence-electron chi connectivity index (χ0n) is 35.1. The average Bonchev–Trinajstić information content (AvgIpc) is 3.98. The van der Waals surface area contributed by atoms with Crippen molar-refractivity contribution in [2.75, 3.05) is 0 Å². The van der Waals surface area contributed by atoms with E-state index in [1.165, 1.54) is 117 Å². The Hall–Kier alpha value is -4.18. The molecular weight excluding hydrogens is 855 g/mol. The zero-order chi connectivity index (χ0) is 41.2. The number of hydrogen-bond donors (Lipinski definition) is 0. The summed E-state index contributed by atoms with van der Waals surface area (Å²) in [5, 5.41) is 14.3. The first-order chi connectivity index (χ1) is 28.6. The van der Waals surface area contributed by atoms with Gasteiger partial charge in [-0.25, -0.2) is 0 Å². The molecule has 2 nitrogen and oxygen atoms in total. The number of fused-ring (bicyclic) bond motifs is 8. The Bertz CT molecular complexity index is 3190. The summed E-state index contributed by atoms with van der Waals surface area (Å²) in [6.07, 6.45) is 2.43. The topological polar surface area (TPSA) is 9.86 Å². The summed E-state index contributed by atoms with van der Waals surface area (Å²) in [7, 11) is 11.9. The number of aryl methyl sites for hydroxylation is 3. The van der Waals surface area contributed by atoms with Crippen LogP contribution in [-0.4, -0.2) is 17.2 Å². The number of aromatic nitrogens is 2. The van der Waals surface area contributed by atoms with Gasteiger partial charge in [0.2, 0.25) is 0 Å². The van der Waals surface area contributed by atoms with Crippen molar-refractivity contribution in [1.29, 1.82) is 0 Å². The van der Waals surface area contributed by atoms with Crippen LogP contribution in [0.15, 0.2) is 133 Å². The molecular formula is C53H50Cl2N2SiZr. The van der Waals surface area contributed by atoms with E-state index in [4.69, 9.17) is 17.0 Å².